The first-order valence-corrected chi connectivity index (χ1v) is 5.35. The Kier molecular flexibility index (Phi) is 3.17. The summed E-state index contributed by atoms with van der Waals surface area (Å²) < 4.78 is 68.6. The molecule has 94 valence electrons. The SMILES string of the molecule is O=C(O)c1cc(C(F)(F)F)ccc1S(=O)(=O)[O-]. The van der Waals surface area contributed by atoms with E-state index in [2.05, 4.69) is 0 Å². The molecule has 0 aliphatic heterocycles. The number of alkyl halides is 3. The van der Waals surface area contributed by atoms with Crippen LogP contribution in [0.25, 0.3) is 0 Å². The molecule has 0 radical (unpaired) electrons. The number of halogens is 3. The fourth-order valence-corrected chi connectivity index (χ4v) is 1.74. The van der Waals surface area contributed by atoms with Gasteiger partial charge in [0.05, 0.1) is 16.0 Å². The zero-order valence-electron chi connectivity index (χ0n) is 7.85. The molecule has 5 nitrogen and oxygen atoms in total. The standard InChI is InChI=1S/C8H5F3O5S/c9-8(10,11)4-1-2-6(17(14,15)16)5(3-4)7(12)13/h1-3H,(H,12,13)(H,14,15,16)/p-1. The second-order valence-electron chi connectivity index (χ2n) is 2.97. The second kappa shape index (κ2) is 4.00. The highest BCUT2D eigenvalue weighted by Gasteiger charge is 2.32. The van der Waals surface area contributed by atoms with Crippen molar-refractivity contribution in [3.63, 3.8) is 0 Å². The smallest absolute Gasteiger partial charge is 0.416 e. The lowest BCUT2D eigenvalue weighted by Gasteiger charge is -2.13. The Morgan fingerprint density at radius 2 is 1.82 bits per heavy atom. The van der Waals surface area contributed by atoms with E-state index in [-0.39, 0.29) is 6.07 Å². The normalized spacial score (nSPS) is 12.5. The third-order valence-electron chi connectivity index (χ3n) is 1.81. The number of benzene rings is 1. The lowest BCUT2D eigenvalue weighted by molar-refractivity contribution is -0.137. The van der Waals surface area contributed by atoms with E-state index < -0.39 is 38.3 Å². The number of hydrogen-bond acceptors (Lipinski definition) is 4. The Bertz CT molecular complexity index is 561. The van der Waals surface area contributed by atoms with Crippen LogP contribution in [-0.4, -0.2) is 24.0 Å². The van der Waals surface area contributed by atoms with Crippen LogP contribution in [0.2, 0.25) is 0 Å². The van der Waals surface area contributed by atoms with E-state index >= 15 is 0 Å². The fourth-order valence-electron chi connectivity index (χ4n) is 1.09. The molecule has 1 aromatic carbocycles. The van der Waals surface area contributed by atoms with Gasteiger partial charge in [0.1, 0.15) is 10.1 Å². The van der Waals surface area contributed by atoms with E-state index in [1.807, 2.05) is 0 Å². The second-order valence-corrected chi connectivity index (χ2v) is 4.32. The van der Waals surface area contributed by atoms with Crippen molar-refractivity contribution in [2.24, 2.45) is 0 Å². The van der Waals surface area contributed by atoms with Crippen LogP contribution in [0.15, 0.2) is 23.1 Å². The van der Waals surface area contributed by atoms with Gasteiger partial charge in [-0.1, -0.05) is 0 Å². The first-order valence-electron chi connectivity index (χ1n) is 3.94. The van der Waals surface area contributed by atoms with E-state index in [4.69, 9.17) is 5.11 Å². The zero-order valence-corrected chi connectivity index (χ0v) is 8.67. The first-order chi connectivity index (χ1) is 7.53. The van der Waals surface area contributed by atoms with Crippen LogP contribution in [0.3, 0.4) is 0 Å². The molecule has 1 rings (SSSR count). The molecule has 0 fully saturated rings. The van der Waals surface area contributed by atoms with E-state index in [0.717, 1.165) is 0 Å². The molecule has 1 N–H and O–H groups in total. The lowest BCUT2D eigenvalue weighted by atomic mass is 10.1. The Morgan fingerprint density at radius 1 is 1.29 bits per heavy atom. The minimum Gasteiger partial charge on any atom is -0.744 e. The number of carbonyl (C=O) groups is 1. The molecule has 0 heterocycles. The van der Waals surface area contributed by atoms with Crippen LogP contribution in [0.1, 0.15) is 15.9 Å². The average Bonchev–Trinajstić information content (AvgIpc) is 2.14. The minimum atomic E-state index is -5.14. The van der Waals surface area contributed by atoms with Gasteiger partial charge in [-0.3, -0.25) is 0 Å². The first kappa shape index (κ1) is 13.5. The Labute approximate surface area is 93.2 Å². The molecule has 0 aliphatic rings. The summed E-state index contributed by atoms with van der Waals surface area (Å²) >= 11 is 0. The molecule has 0 aromatic heterocycles. The van der Waals surface area contributed by atoms with E-state index in [1.54, 1.807) is 0 Å². The molecular weight excluding hydrogens is 265 g/mol. The van der Waals surface area contributed by atoms with Crippen molar-refractivity contribution >= 4 is 16.1 Å². The molecule has 0 aliphatic carbocycles. The fraction of sp³-hybridized carbons (Fsp3) is 0.125. The molecule has 0 saturated heterocycles. The Morgan fingerprint density at radius 3 is 2.18 bits per heavy atom. The molecule has 0 saturated carbocycles. The molecule has 9 heteroatoms. The van der Waals surface area contributed by atoms with Crippen LogP contribution in [-0.2, 0) is 16.3 Å². The minimum absolute atomic E-state index is 0.104. The molecule has 0 amide bonds. The summed E-state index contributed by atoms with van der Waals surface area (Å²) in [6.45, 7) is 0. The van der Waals surface area contributed by atoms with Crippen molar-refractivity contribution in [2.75, 3.05) is 0 Å². The van der Waals surface area contributed by atoms with Crippen molar-refractivity contribution in [2.45, 2.75) is 11.1 Å². The summed E-state index contributed by atoms with van der Waals surface area (Å²) in [6.07, 6.45) is -4.82. The van der Waals surface area contributed by atoms with Crippen molar-refractivity contribution in [1.82, 2.24) is 0 Å². The lowest BCUT2D eigenvalue weighted by Crippen LogP contribution is -2.12. The monoisotopic (exact) mass is 269 g/mol. The number of hydrogen-bond donors (Lipinski definition) is 1. The van der Waals surface area contributed by atoms with Crippen LogP contribution in [0, 0.1) is 0 Å². The van der Waals surface area contributed by atoms with Gasteiger partial charge in [-0.15, -0.1) is 0 Å². The van der Waals surface area contributed by atoms with Crippen LogP contribution in [0.4, 0.5) is 13.2 Å². The third kappa shape index (κ3) is 2.94. The van der Waals surface area contributed by atoms with E-state index in [1.165, 1.54) is 0 Å². The molecule has 17 heavy (non-hydrogen) atoms. The van der Waals surface area contributed by atoms with Gasteiger partial charge in [-0.05, 0) is 18.2 Å². The van der Waals surface area contributed by atoms with Gasteiger partial charge >= 0.3 is 12.1 Å². The summed E-state index contributed by atoms with van der Waals surface area (Å²) in [7, 11) is -5.14. The van der Waals surface area contributed by atoms with Crippen LogP contribution < -0.4 is 0 Å². The maximum Gasteiger partial charge on any atom is 0.416 e. The predicted molar refractivity (Wildman–Crippen MR) is 46.4 cm³/mol. The average molecular weight is 269 g/mol. The molecule has 0 unspecified atom stereocenters. The molecule has 1 aromatic rings. The molecule has 0 spiro atoms. The van der Waals surface area contributed by atoms with E-state index in [0.29, 0.717) is 12.1 Å². The van der Waals surface area contributed by atoms with Crippen molar-refractivity contribution in [3.05, 3.63) is 29.3 Å². The summed E-state index contributed by atoms with van der Waals surface area (Å²) in [4.78, 5) is 9.38. The zero-order chi connectivity index (χ0) is 13.4. The van der Waals surface area contributed by atoms with Gasteiger partial charge in [0.15, 0.2) is 0 Å². The van der Waals surface area contributed by atoms with Gasteiger partial charge in [0.2, 0.25) is 0 Å². The highest BCUT2D eigenvalue weighted by molar-refractivity contribution is 7.85. The van der Waals surface area contributed by atoms with E-state index in [9.17, 15) is 30.9 Å². The Balaban J connectivity index is 3.55. The highest BCUT2D eigenvalue weighted by Crippen LogP contribution is 2.31. The number of carboxylic acid groups (broad SMARTS) is 1. The summed E-state index contributed by atoms with van der Waals surface area (Å²) in [5.74, 6) is -1.93. The van der Waals surface area contributed by atoms with Crippen LogP contribution in [0.5, 0.6) is 0 Å². The topological polar surface area (TPSA) is 94.5 Å². The van der Waals surface area contributed by atoms with Crippen LogP contribution >= 0.6 is 0 Å². The van der Waals surface area contributed by atoms with Crippen molar-refractivity contribution in [1.29, 1.82) is 0 Å². The van der Waals surface area contributed by atoms with Gasteiger partial charge < -0.3 is 9.66 Å². The third-order valence-corrected chi connectivity index (χ3v) is 2.70. The van der Waals surface area contributed by atoms with Gasteiger partial charge in [-0.25, -0.2) is 13.2 Å². The summed E-state index contributed by atoms with van der Waals surface area (Å²) in [5, 5.41) is 8.55. The van der Waals surface area contributed by atoms with Gasteiger partial charge in [0, 0.05) is 0 Å². The Hall–Kier alpha value is -1.61. The number of carboxylic acids is 1. The molecule has 0 atom stereocenters. The quantitative estimate of drug-likeness (QED) is 0.817. The van der Waals surface area contributed by atoms with Gasteiger partial charge in [-0.2, -0.15) is 13.2 Å². The largest absolute Gasteiger partial charge is 0.744 e. The maximum absolute atomic E-state index is 12.2. The van der Waals surface area contributed by atoms with Gasteiger partial charge in [0.25, 0.3) is 0 Å². The summed E-state index contributed by atoms with van der Waals surface area (Å²) in [6, 6.07) is 0.763. The summed E-state index contributed by atoms with van der Waals surface area (Å²) in [5.41, 5.74) is -2.54. The molecular formula is C8H4F3O5S-. The molecule has 0 bridgehead atoms. The highest BCUT2D eigenvalue weighted by atomic mass is 32.2. The number of rotatable bonds is 2. The predicted octanol–water partition coefficient (Wildman–Crippen LogP) is 1.31. The maximum atomic E-state index is 12.2. The number of aromatic carboxylic acids is 1. The van der Waals surface area contributed by atoms with Crippen molar-refractivity contribution < 1.29 is 36.0 Å². The van der Waals surface area contributed by atoms with Crippen molar-refractivity contribution in [3.8, 4) is 0 Å².